The second-order valence-electron chi connectivity index (χ2n) is 8.05. The lowest BCUT2D eigenvalue weighted by molar-refractivity contribution is -0.0380. The van der Waals surface area contributed by atoms with E-state index in [-0.39, 0.29) is 5.41 Å². The van der Waals surface area contributed by atoms with Gasteiger partial charge in [-0.2, -0.15) is 0 Å². The molecule has 1 fully saturated rings. The largest absolute Gasteiger partial charge is 0.487 e. The first-order valence-corrected chi connectivity index (χ1v) is 10.3. The van der Waals surface area contributed by atoms with Gasteiger partial charge in [-0.05, 0) is 36.2 Å². The van der Waals surface area contributed by atoms with Crippen molar-refractivity contribution in [1.82, 2.24) is 19.5 Å². The van der Waals surface area contributed by atoms with Crippen LogP contribution in [0, 0.1) is 6.92 Å². The predicted octanol–water partition coefficient (Wildman–Crippen LogP) is 4.08. The zero-order chi connectivity index (χ0) is 21.3. The number of rotatable bonds is 6. The topological polar surface area (TPSA) is 62.1 Å². The second-order valence-corrected chi connectivity index (χ2v) is 8.05. The van der Waals surface area contributed by atoms with Crippen LogP contribution in [0.25, 0.3) is 11.5 Å². The van der Waals surface area contributed by atoms with Gasteiger partial charge in [0.15, 0.2) is 5.82 Å². The molecule has 2 aromatic heterocycles. The van der Waals surface area contributed by atoms with E-state index in [1.54, 1.807) is 12.5 Å². The summed E-state index contributed by atoms with van der Waals surface area (Å²) in [6, 6.07) is 18.9. The van der Waals surface area contributed by atoms with Crippen LogP contribution >= 0.6 is 0 Å². The summed E-state index contributed by atoms with van der Waals surface area (Å²) >= 11 is 0. The standard InChI is InChI=1S/C25H24N4O2/c1-18-3-5-19(6-4-18)25(15-30-16-25)20-7-9-22(10-8-20)31-14-21-11-12-26-24(28-21)23-13-29(2)17-27-23/h3-13,17H,14-16H2,1-2H3. The number of aryl methyl sites for hydroxylation is 2. The Morgan fingerprint density at radius 3 is 2.29 bits per heavy atom. The van der Waals surface area contributed by atoms with Gasteiger partial charge < -0.3 is 14.0 Å². The van der Waals surface area contributed by atoms with Crippen LogP contribution in [0.4, 0.5) is 0 Å². The van der Waals surface area contributed by atoms with E-state index in [2.05, 4.69) is 58.3 Å². The first kappa shape index (κ1) is 19.5. The van der Waals surface area contributed by atoms with Crippen molar-refractivity contribution < 1.29 is 9.47 Å². The zero-order valence-corrected chi connectivity index (χ0v) is 17.7. The first-order valence-electron chi connectivity index (χ1n) is 10.3. The molecule has 0 unspecified atom stereocenters. The molecule has 156 valence electrons. The molecule has 1 aliphatic heterocycles. The van der Waals surface area contributed by atoms with Crippen molar-refractivity contribution in [3.63, 3.8) is 0 Å². The number of benzene rings is 2. The van der Waals surface area contributed by atoms with Crippen LogP contribution in [0.3, 0.4) is 0 Å². The number of ether oxygens (including phenoxy) is 2. The Kier molecular flexibility index (Phi) is 5.00. The van der Waals surface area contributed by atoms with Crippen LogP contribution in [0.5, 0.6) is 5.75 Å². The number of nitrogens with zero attached hydrogens (tertiary/aromatic N) is 4. The van der Waals surface area contributed by atoms with E-state index >= 15 is 0 Å². The first-order chi connectivity index (χ1) is 15.1. The summed E-state index contributed by atoms with van der Waals surface area (Å²) in [4.78, 5) is 13.2. The highest BCUT2D eigenvalue weighted by molar-refractivity contribution is 5.47. The van der Waals surface area contributed by atoms with E-state index in [4.69, 9.17) is 9.47 Å². The Hall–Kier alpha value is -3.51. The summed E-state index contributed by atoms with van der Waals surface area (Å²) in [5, 5.41) is 0. The van der Waals surface area contributed by atoms with E-state index in [9.17, 15) is 0 Å². The second kappa shape index (κ2) is 7.96. The van der Waals surface area contributed by atoms with Crippen LogP contribution in [-0.2, 0) is 23.8 Å². The number of aromatic nitrogens is 4. The average Bonchev–Trinajstić information content (AvgIpc) is 3.20. The lowest BCUT2D eigenvalue weighted by atomic mass is 9.73. The maximum Gasteiger partial charge on any atom is 0.180 e. The summed E-state index contributed by atoms with van der Waals surface area (Å²) in [5.41, 5.74) is 5.28. The lowest BCUT2D eigenvalue weighted by Crippen LogP contribution is -2.47. The molecule has 2 aromatic carbocycles. The van der Waals surface area contributed by atoms with Gasteiger partial charge in [-0.15, -0.1) is 0 Å². The molecule has 31 heavy (non-hydrogen) atoms. The molecule has 1 aliphatic rings. The van der Waals surface area contributed by atoms with Crippen molar-refractivity contribution in [1.29, 1.82) is 0 Å². The molecule has 0 atom stereocenters. The van der Waals surface area contributed by atoms with Gasteiger partial charge in [0.1, 0.15) is 18.1 Å². The minimum atomic E-state index is -0.0729. The maximum atomic E-state index is 5.98. The van der Waals surface area contributed by atoms with Crippen molar-refractivity contribution in [3.05, 3.63) is 95.7 Å². The highest BCUT2D eigenvalue weighted by Crippen LogP contribution is 2.39. The van der Waals surface area contributed by atoms with Crippen LogP contribution < -0.4 is 4.74 Å². The van der Waals surface area contributed by atoms with Crippen molar-refractivity contribution in [3.8, 4) is 17.3 Å². The van der Waals surface area contributed by atoms with E-state index in [1.165, 1.54) is 16.7 Å². The summed E-state index contributed by atoms with van der Waals surface area (Å²) in [6.07, 6.45) is 5.37. The number of hydrogen-bond acceptors (Lipinski definition) is 5. The SMILES string of the molecule is Cc1ccc(C2(c3ccc(OCc4ccnc(-c5cn(C)cn5)n4)cc3)COC2)cc1. The highest BCUT2D eigenvalue weighted by atomic mass is 16.5. The van der Waals surface area contributed by atoms with Gasteiger partial charge in [-0.1, -0.05) is 42.0 Å². The Balaban J connectivity index is 1.29. The zero-order valence-electron chi connectivity index (χ0n) is 17.7. The molecular weight excluding hydrogens is 388 g/mol. The minimum Gasteiger partial charge on any atom is -0.487 e. The Morgan fingerprint density at radius 2 is 1.68 bits per heavy atom. The van der Waals surface area contributed by atoms with Gasteiger partial charge in [-0.25, -0.2) is 15.0 Å². The highest BCUT2D eigenvalue weighted by Gasteiger charge is 2.41. The van der Waals surface area contributed by atoms with Crippen LogP contribution in [0.1, 0.15) is 22.4 Å². The molecule has 0 spiro atoms. The van der Waals surface area contributed by atoms with E-state index < -0.39 is 0 Å². The van der Waals surface area contributed by atoms with Gasteiger partial charge in [0.25, 0.3) is 0 Å². The third-order valence-corrected chi connectivity index (χ3v) is 5.74. The third kappa shape index (κ3) is 3.82. The van der Waals surface area contributed by atoms with Gasteiger partial charge in [0.2, 0.25) is 0 Å². The van der Waals surface area contributed by atoms with Gasteiger partial charge >= 0.3 is 0 Å². The van der Waals surface area contributed by atoms with Gasteiger partial charge in [0, 0.05) is 19.4 Å². The molecule has 0 N–H and O–H groups in total. The smallest absolute Gasteiger partial charge is 0.180 e. The normalized spacial score (nSPS) is 14.8. The summed E-state index contributed by atoms with van der Waals surface area (Å²) < 4.78 is 13.5. The van der Waals surface area contributed by atoms with Gasteiger partial charge in [0.05, 0.1) is 30.7 Å². The monoisotopic (exact) mass is 412 g/mol. The fourth-order valence-corrected chi connectivity index (χ4v) is 3.83. The van der Waals surface area contributed by atoms with E-state index in [1.807, 2.05) is 36.0 Å². The van der Waals surface area contributed by atoms with E-state index in [0.29, 0.717) is 25.6 Å². The van der Waals surface area contributed by atoms with Crippen molar-refractivity contribution in [2.75, 3.05) is 13.2 Å². The molecular formula is C25H24N4O2. The van der Waals surface area contributed by atoms with Crippen molar-refractivity contribution in [2.45, 2.75) is 18.9 Å². The summed E-state index contributed by atoms with van der Waals surface area (Å²) in [7, 11) is 1.92. The fraction of sp³-hybridized carbons (Fsp3) is 0.240. The average molecular weight is 412 g/mol. The maximum absolute atomic E-state index is 5.98. The molecule has 0 amide bonds. The molecule has 0 aliphatic carbocycles. The van der Waals surface area contributed by atoms with Crippen molar-refractivity contribution in [2.24, 2.45) is 7.05 Å². The molecule has 3 heterocycles. The molecule has 0 saturated carbocycles. The third-order valence-electron chi connectivity index (χ3n) is 5.74. The molecule has 5 rings (SSSR count). The molecule has 6 nitrogen and oxygen atoms in total. The predicted molar refractivity (Wildman–Crippen MR) is 118 cm³/mol. The summed E-state index contributed by atoms with van der Waals surface area (Å²) in [6.45, 7) is 3.88. The Labute approximate surface area is 181 Å². The molecule has 1 saturated heterocycles. The minimum absolute atomic E-state index is 0.0729. The molecule has 6 heteroatoms. The lowest BCUT2D eigenvalue weighted by Gasteiger charge is -2.42. The molecule has 0 bridgehead atoms. The number of imidazole rings is 1. The van der Waals surface area contributed by atoms with Gasteiger partial charge in [-0.3, -0.25) is 0 Å². The molecule has 4 aromatic rings. The number of hydrogen-bond donors (Lipinski definition) is 0. The van der Waals surface area contributed by atoms with Crippen molar-refractivity contribution >= 4 is 0 Å². The quantitative estimate of drug-likeness (QED) is 0.478. The van der Waals surface area contributed by atoms with Crippen LogP contribution in [0.15, 0.2) is 73.3 Å². The van der Waals surface area contributed by atoms with E-state index in [0.717, 1.165) is 17.1 Å². The van der Waals surface area contributed by atoms with Crippen LogP contribution in [-0.4, -0.2) is 32.7 Å². The molecule has 0 radical (unpaired) electrons. The van der Waals surface area contributed by atoms with Crippen LogP contribution in [0.2, 0.25) is 0 Å². The summed E-state index contributed by atoms with van der Waals surface area (Å²) in [5.74, 6) is 1.41. The Bertz CT molecular complexity index is 1180. The Morgan fingerprint density at radius 1 is 0.968 bits per heavy atom. The fourth-order valence-electron chi connectivity index (χ4n) is 3.83.